The van der Waals surface area contributed by atoms with E-state index in [1.165, 1.54) is 0 Å². The fraction of sp³-hybridized carbons (Fsp3) is 0.381. The first kappa shape index (κ1) is 21.0. The fourth-order valence-corrected chi connectivity index (χ4v) is 4.10. The van der Waals surface area contributed by atoms with Crippen LogP contribution in [0, 0.1) is 27.7 Å². The lowest BCUT2D eigenvalue weighted by molar-refractivity contribution is -0.120. The van der Waals surface area contributed by atoms with E-state index in [4.69, 9.17) is 0 Å². The van der Waals surface area contributed by atoms with Crippen LogP contribution >= 0.6 is 0 Å². The van der Waals surface area contributed by atoms with E-state index in [1.807, 2.05) is 65.0 Å². The highest BCUT2D eigenvalue weighted by molar-refractivity contribution is 7.92. The molecule has 0 heterocycles. The van der Waals surface area contributed by atoms with Crippen LogP contribution < -0.4 is 9.62 Å². The summed E-state index contributed by atoms with van der Waals surface area (Å²) in [6.07, 6.45) is 1.12. The largest absolute Gasteiger partial charge is 0.348 e. The Hall–Kier alpha value is -2.34. The van der Waals surface area contributed by atoms with Gasteiger partial charge in [0, 0.05) is 0 Å². The highest BCUT2D eigenvalue weighted by Gasteiger charge is 2.23. The topological polar surface area (TPSA) is 66.5 Å². The lowest BCUT2D eigenvalue weighted by Crippen LogP contribution is -2.41. The molecular formula is C21H28N2O3S. The molecule has 146 valence electrons. The molecule has 5 nitrogen and oxygen atoms in total. The third-order valence-electron chi connectivity index (χ3n) is 4.59. The predicted molar refractivity (Wildman–Crippen MR) is 111 cm³/mol. The van der Waals surface area contributed by atoms with Crippen LogP contribution in [0.5, 0.6) is 0 Å². The Balaban J connectivity index is 2.23. The lowest BCUT2D eigenvalue weighted by atomic mass is 10.00. The molecule has 2 aromatic rings. The molecule has 0 aliphatic rings. The summed E-state index contributed by atoms with van der Waals surface area (Å²) in [5.41, 5.74) is 5.61. The van der Waals surface area contributed by atoms with Crippen molar-refractivity contribution in [2.24, 2.45) is 0 Å². The van der Waals surface area contributed by atoms with Gasteiger partial charge in [0.1, 0.15) is 6.54 Å². The highest BCUT2D eigenvalue weighted by atomic mass is 32.2. The third kappa shape index (κ3) is 5.32. The molecule has 0 aliphatic heterocycles. The first-order valence-electron chi connectivity index (χ1n) is 8.90. The van der Waals surface area contributed by atoms with Gasteiger partial charge in [-0.3, -0.25) is 9.10 Å². The zero-order chi connectivity index (χ0) is 20.4. The molecule has 1 N–H and O–H groups in total. The van der Waals surface area contributed by atoms with Gasteiger partial charge in [-0.25, -0.2) is 8.42 Å². The average molecular weight is 389 g/mol. The Bertz CT molecular complexity index is 952. The van der Waals surface area contributed by atoms with Gasteiger partial charge in [0.15, 0.2) is 0 Å². The second-order valence-electron chi connectivity index (χ2n) is 7.21. The van der Waals surface area contributed by atoms with Crippen LogP contribution in [0.15, 0.2) is 36.4 Å². The van der Waals surface area contributed by atoms with Gasteiger partial charge < -0.3 is 5.32 Å². The molecule has 0 radical (unpaired) electrons. The van der Waals surface area contributed by atoms with E-state index in [0.29, 0.717) is 5.69 Å². The van der Waals surface area contributed by atoms with Crippen molar-refractivity contribution in [2.75, 3.05) is 17.1 Å². The van der Waals surface area contributed by atoms with Crippen molar-refractivity contribution in [3.63, 3.8) is 0 Å². The number of nitrogens with zero attached hydrogens (tertiary/aromatic N) is 1. The number of amides is 1. The van der Waals surface area contributed by atoms with Crippen molar-refractivity contribution in [2.45, 2.75) is 40.7 Å². The van der Waals surface area contributed by atoms with E-state index < -0.39 is 10.0 Å². The molecule has 2 rings (SSSR count). The summed E-state index contributed by atoms with van der Waals surface area (Å²) in [4.78, 5) is 12.6. The first-order valence-corrected chi connectivity index (χ1v) is 10.8. The minimum Gasteiger partial charge on any atom is -0.348 e. The molecule has 27 heavy (non-hydrogen) atoms. The Morgan fingerprint density at radius 2 is 1.59 bits per heavy atom. The Kier molecular flexibility index (Phi) is 6.31. The van der Waals surface area contributed by atoms with Crippen molar-refractivity contribution < 1.29 is 13.2 Å². The number of carbonyl (C=O) groups excluding carboxylic acids is 1. The molecule has 0 aliphatic carbocycles. The highest BCUT2D eigenvalue weighted by Crippen LogP contribution is 2.24. The summed E-state index contributed by atoms with van der Waals surface area (Å²) in [6.45, 7) is 9.44. The summed E-state index contributed by atoms with van der Waals surface area (Å²) >= 11 is 0. The number of carbonyl (C=O) groups is 1. The van der Waals surface area contributed by atoms with E-state index in [1.54, 1.807) is 6.07 Å². The Labute approximate surface area is 162 Å². The molecule has 0 saturated carbocycles. The maximum absolute atomic E-state index is 12.6. The predicted octanol–water partition coefficient (Wildman–Crippen LogP) is 3.56. The van der Waals surface area contributed by atoms with Gasteiger partial charge >= 0.3 is 0 Å². The smallest absolute Gasteiger partial charge is 0.241 e. The van der Waals surface area contributed by atoms with Gasteiger partial charge in [-0.1, -0.05) is 41.5 Å². The maximum Gasteiger partial charge on any atom is 0.241 e. The fourth-order valence-electron chi connectivity index (χ4n) is 3.19. The van der Waals surface area contributed by atoms with Crippen molar-refractivity contribution in [1.29, 1.82) is 0 Å². The number of nitrogens with one attached hydrogen (secondary N) is 1. The zero-order valence-corrected chi connectivity index (χ0v) is 17.6. The number of hydrogen-bond acceptors (Lipinski definition) is 3. The Morgan fingerprint density at radius 1 is 1.00 bits per heavy atom. The van der Waals surface area contributed by atoms with Crippen LogP contribution in [-0.2, 0) is 14.8 Å². The van der Waals surface area contributed by atoms with Crippen molar-refractivity contribution in [3.8, 4) is 0 Å². The summed E-state index contributed by atoms with van der Waals surface area (Å²) in [6, 6.07) is 11.4. The first-order chi connectivity index (χ1) is 12.5. The van der Waals surface area contributed by atoms with Gasteiger partial charge in [0.25, 0.3) is 0 Å². The van der Waals surface area contributed by atoms with Gasteiger partial charge in [0.2, 0.25) is 15.9 Å². The molecule has 0 spiro atoms. The molecule has 2 aromatic carbocycles. The molecule has 0 bridgehead atoms. The molecular weight excluding hydrogens is 360 g/mol. The molecule has 0 aromatic heterocycles. The second-order valence-corrected chi connectivity index (χ2v) is 9.12. The molecule has 0 saturated heterocycles. The second kappa shape index (κ2) is 8.13. The summed E-state index contributed by atoms with van der Waals surface area (Å²) in [7, 11) is -3.59. The maximum atomic E-state index is 12.6. The Morgan fingerprint density at radius 3 is 2.19 bits per heavy atom. The minimum atomic E-state index is -3.59. The standard InChI is InChI=1S/C21H28N2O3S/c1-14-8-10-20(17(4)11-14)23(27(6,25)26)13-21(24)22-18(5)19-12-15(2)7-9-16(19)3/h7-12,18H,13H2,1-6H3,(H,22,24)/t18-/m0/s1. The van der Waals surface area contributed by atoms with Crippen LogP contribution in [0.3, 0.4) is 0 Å². The van der Waals surface area contributed by atoms with Crippen LogP contribution in [0.1, 0.15) is 40.8 Å². The van der Waals surface area contributed by atoms with Crippen LogP contribution in [-0.4, -0.2) is 27.1 Å². The SMILES string of the molecule is Cc1ccc(N(CC(=O)N[C@@H](C)c2cc(C)ccc2C)S(C)(=O)=O)c(C)c1. The lowest BCUT2D eigenvalue weighted by Gasteiger charge is -2.25. The zero-order valence-electron chi connectivity index (χ0n) is 16.8. The number of hydrogen-bond donors (Lipinski definition) is 1. The van der Waals surface area contributed by atoms with E-state index in [2.05, 4.69) is 5.32 Å². The normalized spacial score (nSPS) is 12.5. The number of sulfonamides is 1. The van der Waals surface area contributed by atoms with Crippen LogP contribution in [0.4, 0.5) is 5.69 Å². The number of benzene rings is 2. The third-order valence-corrected chi connectivity index (χ3v) is 5.71. The van der Waals surface area contributed by atoms with Crippen molar-refractivity contribution in [3.05, 3.63) is 64.2 Å². The van der Waals surface area contributed by atoms with E-state index in [9.17, 15) is 13.2 Å². The van der Waals surface area contributed by atoms with E-state index in [0.717, 1.165) is 38.4 Å². The minimum absolute atomic E-state index is 0.210. The van der Waals surface area contributed by atoms with Gasteiger partial charge in [0.05, 0.1) is 18.0 Å². The van der Waals surface area contributed by atoms with Crippen LogP contribution in [0.25, 0.3) is 0 Å². The molecule has 0 fully saturated rings. The monoisotopic (exact) mass is 388 g/mol. The summed E-state index contributed by atoms with van der Waals surface area (Å²) in [5, 5.41) is 2.92. The van der Waals surface area contributed by atoms with Crippen LogP contribution in [0.2, 0.25) is 0 Å². The van der Waals surface area contributed by atoms with Crippen molar-refractivity contribution in [1.82, 2.24) is 5.32 Å². The number of rotatable bonds is 6. The molecule has 0 unspecified atom stereocenters. The number of aryl methyl sites for hydroxylation is 4. The summed E-state index contributed by atoms with van der Waals surface area (Å²) in [5.74, 6) is -0.339. The molecule has 6 heteroatoms. The van der Waals surface area contributed by atoms with E-state index >= 15 is 0 Å². The average Bonchev–Trinajstić information content (AvgIpc) is 2.54. The number of anilines is 1. The van der Waals surface area contributed by atoms with Gasteiger partial charge in [-0.2, -0.15) is 0 Å². The quantitative estimate of drug-likeness (QED) is 0.823. The van der Waals surface area contributed by atoms with Crippen molar-refractivity contribution >= 4 is 21.6 Å². The summed E-state index contributed by atoms with van der Waals surface area (Å²) < 4.78 is 25.8. The van der Waals surface area contributed by atoms with Gasteiger partial charge in [-0.05, 0) is 57.4 Å². The van der Waals surface area contributed by atoms with Gasteiger partial charge in [-0.15, -0.1) is 0 Å². The molecule has 1 amide bonds. The molecule has 1 atom stereocenters. The van der Waals surface area contributed by atoms with E-state index in [-0.39, 0.29) is 18.5 Å².